The predicted octanol–water partition coefficient (Wildman–Crippen LogP) is 8.19. The van der Waals surface area contributed by atoms with Gasteiger partial charge >= 0.3 is 0 Å². The quantitative estimate of drug-likeness (QED) is 0.110. The average Bonchev–Trinajstić information content (AvgIpc) is 3.06. The fraction of sp³-hybridized carbons (Fsp3) is 0.0789. The van der Waals surface area contributed by atoms with E-state index in [4.69, 9.17) is 0 Å². The number of nitrogens with one attached hydrogen (secondary N) is 3. The highest BCUT2D eigenvalue weighted by molar-refractivity contribution is 8.00. The van der Waals surface area contributed by atoms with E-state index in [9.17, 15) is 14.4 Å². The molecule has 5 aromatic carbocycles. The maximum absolute atomic E-state index is 13.6. The number of hydrogen-bond donors (Lipinski definition) is 3. The van der Waals surface area contributed by atoms with Crippen LogP contribution in [0.4, 0.5) is 11.4 Å². The summed E-state index contributed by atoms with van der Waals surface area (Å²) in [5, 5.41) is 8.24. The van der Waals surface area contributed by atoms with Gasteiger partial charge in [0.05, 0.1) is 0 Å². The van der Waals surface area contributed by atoms with Gasteiger partial charge in [0.15, 0.2) is 0 Å². The Balaban J connectivity index is 1.32. The van der Waals surface area contributed by atoms with Crippen molar-refractivity contribution in [1.82, 2.24) is 5.32 Å². The summed E-state index contributed by atoms with van der Waals surface area (Å²) >= 11 is 1.43. The van der Waals surface area contributed by atoms with Crippen LogP contribution in [0.15, 0.2) is 144 Å². The summed E-state index contributed by atoms with van der Waals surface area (Å²) in [6.07, 6.45) is 1.64. The van der Waals surface area contributed by atoms with Crippen LogP contribution in [0.25, 0.3) is 6.08 Å². The van der Waals surface area contributed by atoms with Crippen LogP contribution in [-0.2, 0) is 9.59 Å². The van der Waals surface area contributed by atoms with Crippen molar-refractivity contribution in [2.75, 3.05) is 10.6 Å². The lowest BCUT2D eigenvalue weighted by Crippen LogP contribution is -2.30. The zero-order chi connectivity index (χ0) is 31.6. The van der Waals surface area contributed by atoms with E-state index in [1.807, 2.05) is 111 Å². The first kappa shape index (κ1) is 31.0. The van der Waals surface area contributed by atoms with Crippen LogP contribution in [0, 0.1) is 13.8 Å². The number of thioether (sulfide) groups is 1. The molecule has 224 valence electrons. The zero-order valence-corrected chi connectivity index (χ0v) is 25.8. The Morgan fingerprint density at radius 3 is 1.96 bits per heavy atom. The van der Waals surface area contributed by atoms with Crippen LogP contribution in [0.1, 0.15) is 37.9 Å². The maximum atomic E-state index is 13.6. The van der Waals surface area contributed by atoms with Crippen molar-refractivity contribution >= 4 is 46.9 Å². The van der Waals surface area contributed by atoms with Crippen LogP contribution in [0.5, 0.6) is 0 Å². The predicted molar refractivity (Wildman–Crippen MR) is 183 cm³/mol. The van der Waals surface area contributed by atoms with Gasteiger partial charge in [-0.1, -0.05) is 96.6 Å². The van der Waals surface area contributed by atoms with Crippen LogP contribution in [-0.4, -0.2) is 17.7 Å². The fourth-order valence-electron chi connectivity index (χ4n) is 4.66. The van der Waals surface area contributed by atoms with Crippen LogP contribution < -0.4 is 16.0 Å². The Hall–Kier alpha value is -5.40. The molecule has 0 aliphatic rings. The molecule has 0 aromatic heterocycles. The van der Waals surface area contributed by atoms with Crippen molar-refractivity contribution in [3.8, 4) is 0 Å². The maximum Gasteiger partial charge on any atom is 0.272 e. The van der Waals surface area contributed by atoms with E-state index >= 15 is 0 Å². The summed E-state index contributed by atoms with van der Waals surface area (Å²) in [6.45, 7) is 4.00. The monoisotopic (exact) mass is 611 g/mol. The van der Waals surface area contributed by atoms with Gasteiger partial charge in [0.1, 0.15) is 10.9 Å². The van der Waals surface area contributed by atoms with Crippen molar-refractivity contribution in [3.05, 3.63) is 167 Å². The van der Waals surface area contributed by atoms with E-state index < -0.39 is 11.2 Å². The highest BCUT2D eigenvalue weighted by atomic mass is 32.2. The molecule has 0 spiro atoms. The minimum Gasteiger partial charge on any atom is -0.325 e. The normalized spacial score (nSPS) is 11.7. The van der Waals surface area contributed by atoms with Crippen molar-refractivity contribution in [3.63, 3.8) is 0 Å². The van der Waals surface area contributed by atoms with Crippen LogP contribution >= 0.6 is 11.8 Å². The van der Waals surface area contributed by atoms with Gasteiger partial charge in [-0.3, -0.25) is 14.4 Å². The third-order valence-electron chi connectivity index (χ3n) is 6.99. The molecule has 5 rings (SSSR count). The van der Waals surface area contributed by atoms with E-state index in [1.54, 1.807) is 42.5 Å². The Kier molecular flexibility index (Phi) is 10.2. The van der Waals surface area contributed by atoms with Gasteiger partial charge < -0.3 is 16.0 Å². The number of aryl methyl sites for hydroxylation is 2. The largest absolute Gasteiger partial charge is 0.325 e. The SMILES string of the molecule is Cc1ccc(NC(=O)C(Sc2ccc(NC(=O)/C(=C/c3ccccc3)NC(=O)c3ccccc3)cc2)c2ccccc2)c(C)c1. The zero-order valence-electron chi connectivity index (χ0n) is 25.0. The molecule has 45 heavy (non-hydrogen) atoms. The van der Waals surface area contributed by atoms with Crippen LogP contribution in [0.2, 0.25) is 0 Å². The summed E-state index contributed by atoms with van der Waals surface area (Å²) in [5.41, 5.74) is 5.67. The average molecular weight is 612 g/mol. The number of benzene rings is 5. The Morgan fingerprint density at radius 2 is 1.31 bits per heavy atom. The minimum absolute atomic E-state index is 0.112. The molecular weight excluding hydrogens is 579 g/mol. The molecule has 5 aromatic rings. The summed E-state index contributed by atoms with van der Waals surface area (Å²) < 4.78 is 0. The summed E-state index contributed by atoms with van der Waals surface area (Å²) in [4.78, 5) is 40.7. The van der Waals surface area contributed by atoms with Crippen molar-refractivity contribution in [2.45, 2.75) is 24.0 Å². The highest BCUT2D eigenvalue weighted by Crippen LogP contribution is 2.37. The van der Waals surface area contributed by atoms with Crippen molar-refractivity contribution in [2.24, 2.45) is 0 Å². The molecule has 0 aliphatic carbocycles. The fourth-order valence-corrected chi connectivity index (χ4v) is 5.69. The first-order valence-electron chi connectivity index (χ1n) is 14.5. The first-order chi connectivity index (χ1) is 21.9. The first-order valence-corrected chi connectivity index (χ1v) is 15.4. The Bertz CT molecular complexity index is 1810. The molecule has 0 saturated heterocycles. The molecule has 0 heterocycles. The van der Waals surface area contributed by atoms with E-state index in [0.29, 0.717) is 11.3 Å². The number of hydrogen-bond acceptors (Lipinski definition) is 4. The van der Waals surface area contributed by atoms with E-state index in [1.165, 1.54) is 11.8 Å². The lowest BCUT2D eigenvalue weighted by molar-refractivity contribution is -0.116. The van der Waals surface area contributed by atoms with Gasteiger partial charge in [-0.05, 0) is 79.1 Å². The van der Waals surface area contributed by atoms with E-state index in [-0.39, 0.29) is 17.5 Å². The van der Waals surface area contributed by atoms with Gasteiger partial charge in [-0.2, -0.15) is 0 Å². The smallest absolute Gasteiger partial charge is 0.272 e. The third-order valence-corrected chi connectivity index (χ3v) is 8.25. The number of carbonyl (C=O) groups is 3. The van der Waals surface area contributed by atoms with Gasteiger partial charge in [0, 0.05) is 21.8 Å². The number of carbonyl (C=O) groups excluding carboxylic acids is 3. The van der Waals surface area contributed by atoms with E-state index in [0.717, 1.165) is 32.8 Å². The highest BCUT2D eigenvalue weighted by Gasteiger charge is 2.23. The molecule has 1 atom stereocenters. The van der Waals surface area contributed by atoms with Crippen LogP contribution in [0.3, 0.4) is 0 Å². The molecule has 0 aliphatic heterocycles. The lowest BCUT2D eigenvalue weighted by Gasteiger charge is -2.18. The number of anilines is 2. The van der Waals surface area contributed by atoms with Gasteiger partial charge in [0.25, 0.3) is 11.8 Å². The topological polar surface area (TPSA) is 87.3 Å². The molecule has 0 fully saturated rings. The number of amides is 3. The molecule has 1 unspecified atom stereocenters. The molecular formula is C38H33N3O3S. The van der Waals surface area contributed by atoms with Gasteiger partial charge in [0.2, 0.25) is 5.91 Å². The second-order valence-corrected chi connectivity index (χ2v) is 11.7. The third kappa shape index (κ3) is 8.59. The van der Waals surface area contributed by atoms with Gasteiger partial charge in [-0.25, -0.2) is 0 Å². The van der Waals surface area contributed by atoms with Gasteiger partial charge in [-0.15, -0.1) is 11.8 Å². The summed E-state index contributed by atoms with van der Waals surface area (Å²) in [6, 6.07) is 40.9. The second kappa shape index (κ2) is 14.9. The molecule has 3 amide bonds. The Morgan fingerprint density at radius 1 is 0.689 bits per heavy atom. The molecule has 7 heteroatoms. The minimum atomic E-state index is -0.499. The Labute approximate surface area is 267 Å². The molecule has 3 N–H and O–H groups in total. The number of rotatable bonds is 10. The van der Waals surface area contributed by atoms with Crippen molar-refractivity contribution in [1.29, 1.82) is 0 Å². The summed E-state index contributed by atoms with van der Waals surface area (Å²) in [7, 11) is 0. The molecule has 0 bridgehead atoms. The van der Waals surface area contributed by atoms with Crippen molar-refractivity contribution < 1.29 is 14.4 Å². The molecule has 6 nitrogen and oxygen atoms in total. The molecule has 0 saturated carbocycles. The second-order valence-electron chi connectivity index (χ2n) is 10.5. The standard InChI is InChI=1S/C38H33N3O3S/c1-26-18-23-33(27(2)24-26)40-38(44)35(29-14-8-4-9-15-29)45-32-21-19-31(20-22-32)39-37(43)34(25-28-12-6-3-7-13-28)41-36(42)30-16-10-5-11-17-30/h3-25,35H,1-2H3,(H,39,43)(H,40,44)(H,41,42)/b34-25-. The van der Waals surface area contributed by atoms with E-state index in [2.05, 4.69) is 16.0 Å². The molecule has 0 radical (unpaired) electrons. The summed E-state index contributed by atoms with van der Waals surface area (Å²) in [5.74, 6) is -0.968. The lowest BCUT2D eigenvalue weighted by atomic mass is 10.1.